The fraction of sp³-hybridized carbons (Fsp3) is 0.182. The number of halogens is 1. The lowest BCUT2D eigenvalue weighted by Crippen LogP contribution is -2.13. The summed E-state index contributed by atoms with van der Waals surface area (Å²) in [6, 6.07) is 4.32. The maximum absolute atomic E-state index is 13.2. The summed E-state index contributed by atoms with van der Waals surface area (Å²) in [7, 11) is 0. The van der Waals surface area contributed by atoms with Gasteiger partial charge in [-0.25, -0.2) is 4.39 Å². The van der Waals surface area contributed by atoms with Gasteiger partial charge >= 0.3 is 0 Å². The molecule has 0 radical (unpaired) electrons. The topological polar surface area (TPSA) is 43.1 Å². The van der Waals surface area contributed by atoms with Crippen LogP contribution >= 0.6 is 0 Å². The second-order valence-corrected chi connectivity index (χ2v) is 2.88. The lowest BCUT2D eigenvalue weighted by atomic mass is 10.1. The number of primary amides is 1. The first kappa shape index (κ1) is 10.3. The molecular formula is C11H10FNO. The van der Waals surface area contributed by atoms with Gasteiger partial charge in [0.2, 0.25) is 0 Å². The van der Waals surface area contributed by atoms with Crippen LogP contribution in [0.5, 0.6) is 0 Å². The molecule has 0 saturated carbocycles. The molecule has 0 unspecified atom stereocenters. The number of carbonyl (C=O) groups excluding carboxylic acids is 1. The molecule has 14 heavy (non-hydrogen) atoms. The predicted octanol–water partition coefficient (Wildman–Crippen LogP) is 1.49. The van der Waals surface area contributed by atoms with E-state index in [9.17, 15) is 9.18 Å². The number of rotatable bonds is 3. The first-order valence-corrected chi connectivity index (χ1v) is 4.17. The average Bonchev–Trinajstić information content (AvgIpc) is 2.14. The highest BCUT2D eigenvalue weighted by atomic mass is 19.1. The molecule has 0 aliphatic rings. The summed E-state index contributed by atoms with van der Waals surface area (Å²) in [6.45, 7) is 0. The molecule has 0 atom stereocenters. The molecule has 1 aromatic rings. The van der Waals surface area contributed by atoms with Gasteiger partial charge in [0.15, 0.2) is 0 Å². The van der Waals surface area contributed by atoms with Crippen LogP contribution in [0.2, 0.25) is 0 Å². The van der Waals surface area contributed by atoms with Crippen LogP contribution in [0.3, 0.4) is 0 Å². The number of benzene rings is 1. The smallest absolute Gasteiger partial charge is 0.251 e. The Morgan fingerprint density at radius 2 is 2.29 bits per heavy atom. The van der Waals surface area contributed by atoms with Gasteiger partial charge in [-0.2, -0.15) is 0 Å². The van der Waals surface area contributed by atoms with Gasteiger partial charge in [-0.05, 0) is 24.1 Å². The Morgan fingerprint density at radius 3 is 2.79 bits per heavy atom. The second-order valence-electron chi connectivity index (χ2n) is 2.88. The molecule has 3 heteroatoms. The Bertz CT molecular complexity index is 393. The van der Waals surface area contributed by atoms with Crippen molar-refractivity contribution in [2.24, 2.45) is 5.73 Å². The van der Waals surface area contributed by atoms with Crippen molar-refractivity contribution < 1.29 is 9.18 Å². The number of aryl methyl sites for hydroxylation is 1. The zero-order valence-electron chi connectivity index (χ0n) is 7.59. The van der Waals surface area contributed by atoms with Crippen LogP contribution in [0.1, 0.15) is 22.3 Å². The van der Waals surface area contributed by atoms with E-state index in [1.165, 1.54) is 12.1 Å². The van der Waals surface area contributed by atoms with E-state index in [0.29, 0.717) is 12.8 Å². The molecule has 0 aliphatic carbocycles. The zero-order valence-corrected chi connectivity index (χ0v) is 7.59. The SMILES string of the molecule is C#CCCc1ccc(C(N)=O)c(F)c1. The van der Waals surface area contributed by atoms with Gasteiger partial charge in [0.1, 0.15) is 5.82 Å². The molecule has 1 rings (SSSR count). The Balaban J connectivity index is 2.90. The van der Waals surface area contributed by atoms with Crippen molar-refractivity contribution in [1.29, 1.82) is 0 Å². The van der Waals surface area contributed by atoms with E-state index in [-0.39, 0.29) is 5.56 Å². The molecule has 1 aromatic carbocycles. The molecule has 0 heterocycles. The molecule has 0 bridgehead atoms. The van der Waals surface area contributed by atoms with Gasteiger partial charge in [-0.15, -0.1) is 12.3 Å². The molecule has 0 aromatic heterocycles. The lowest BCUT2D eigenvalue weighted by molar-refractivity contribution is 0.0996. The Morgan fingerprint density at radius 1 is 1.57 bits per heavy atom. The third-order valence-electron chi connectivity index (χ3n) is 1.86. The lowest BCUT2D eigenvalue weighted by Gasteiger charge is -2.01. The number of carbonyl (C=O) groups is 1. The molecule has 0 spiro atoms. The summed E-state index contributed by atoms with van der Waals surface area (Å²) in [6.07, 6.45) is 6.23. The van der Waals surface area contributed by atoms with Crippen LogP contribution in [0.25, 0.3) is 0 Å². The summed E-state index contributed by atoms with van der Waals surface area (Å²) in [5.74, 6) is 1.11. The van der Waals surface area contributed by atoms with Gasteiger partial charge < -0.3 is 5.73 Å². The molecule has 0 saturated heterocycles. The fourth-order valence-corrected chi connectivity index (χ4v) is 1.13. The van der Waals surface area contributed by atoms with Crippen molar-refractivity contribution in [3.63, 3.8) is 0 Å². The van der Waals surface area contributed by atoms with Crippen molar-refractivity contribution >= 4 is 5.91 Å². The van der Waals surface area contributed by atoms with E-state index in [2.05, 4.69) is 5.92 Å². The number of nitrogens with two attached hydrogens (primary N) is 1. The van der Waals surface area contributed by atoms with Gasteiger partial charge in [0.05, 0.1) is 5.56 Å². The summed E-state index contributed by atoms with van der Waals surface area (Å²) < 4.78 is 13.2. The van der Waals surface area contributed by atoms with Gasteiger partial charge in [0.25, 0.3) is 5.91 Å². The van der Waals surface area contributed by atoms with Crippen LogP contribution in [-0.2, 0) is 6.42 Å². The van der Waals surface area contributed by atoms with Gasteiger partial charge in [0, 0.05) is 6.42 Å². The quantitative estimate of drug-likeness (QED) is 0.723. The zero-order chi connectivity index (χ0) is 10.6. The van der Waals surface area contributed by atoms with Crippen LogP contribution in [0.4, 0.5) is 4.39 Å². The molecular weight excluding hydrogens is 181 g/mol. The normalized spacial score (nSPS) is 9.43. The first-order chi connectivity index (χ1) is 6.65. The van der Waals surface area contributed by atoms with Crippen molar-refractivity contribution in [1.82, 2.24) is 0 Å². The standard InChI is InChI=1S/C11H10FNO/c1-2-3-4-8-5-6-9(11(13)14)10(12)7-8/h1,5-7H,3-4H2,(H2,13,14). The summed E-state index contributed by atoms with van der Waals surface area (Å²) >= 11 is 0. The molecule has 1 amide bonds. The fourth-order valence-electron chi connectivity index (χ4n) is 1.13. The number of amides is 1. The maximum atomic E-state index is 13.2. The molecule has 72 valence electrons. The maximum Gasteiger partial charge on any atom is 0.251 e. The minimum Gasteiger partial charge on any atom is -0.366 e. The minimum atomic E-state index is -0.758. The van der Waals surface area contributed by atoms with E-state index < -0.39 is 11.7 Å². The summed E-state index contributed by atoms with van der Waals surface area (Å²) in [4.78, 5) is 10.7. The Kier molecular flexibility index (Phi) is 3.24. The number of hydrogen-bond acceptors (Lipinski definition) is 1. The second kappa shape index (κ2) is 4.43. The van der Waals surface area contributed by atoms with E-state index >= 15 is 0 Å². The van der Waals surface area contributed by atoms with Gasteiger partial charge in [-0.1, -0.05) is 6.07 Å². The van der Waals surface area contributed by atoms with Crippen molar-refractivity contribution in [3.8, 4) is 12.3 Å². The molecule has 0 aliphatic heterocycles. The predicted molar refractivity (Wildman–Crippen MR) is 52.1 cm³/mol. The van der Waals surface area contributed by atoms with Crippen molar-refractivity contribution in [3.05, 3.63) is 35.1 Å². The highest BCUT2D eigenvalue weighted by molar-refractivity contribution is 5.93. The van der Waals surface area contributed by atoms with Crippen molar-refractivity contribution in [2.75, 3.05) is 0 Å². The van der Waals surface area contributed by atoms with Crippen LogP contribution in [-0.4, -0.2) is 5.91 Å². The van der Waals surface area contributed by atoms with Crippen LogP contribution < -0.4 is 5.73 Å². The first-order valence-electron chi connectivity index (χ1n) is 4.17. The molecule has 0 fully saturated rings. The average molecular weight is 191 g/mol. The molecule has 2 N–H and O–H groups in total. The van der Waals surface area contributed by atoms with E-state index in [1.54, 1.807) is 6.07 Å². The molecule has 2 nitrogen and oxygen atoms in total. The minimum absolute atomic E-state index is 0.0885. The largest absolute Gasteiger partial charge is 0.366 e. The van der Waals surface area contributed by atoms with E-state index in [1.807, 2.05) is 0 Å². The summed E-state index contributed by atoms with van der Waals surface area (Å²) in [5.41, 5.74) is 5.63. The third kappa shape index (κ3) is 2.33. The van der Waals surface area contributed by atoms with Gasteiger partial charge in [-0.3, -0.25) is 4.79 Å². The van der Waals surface area contributed by atoms with Crippen LogP contribution in [0, 0.1) is 18.2 Å². The highest BCUT2D eigenvalue weighted by Crippen LogP contribution is 2.11. The number of hydrogen-bond donors (Lipinski definition) is 1. The van der Waals surface area contributed by atoms with Crippen molar-refractivity contribution in [2.45, 2.75) is 12.8 Å². The number of terminal acetylenes is 1. The third-order valence-corrected chi connectivity index (χ3v) is 1.86. The monoisotopic (exact) mass is 191 g/mol. The summed E-state index contributed by atoms with van der Waals surface area (Å²) in [5, 5.41) is 0. The van der Waals surface area contributed by atoms with E-state index in [0.717, 1.165) is 5.56 Å². The Hall–Kier alpha value is -1.82. The van der Waals surface area contributed by atoms with Crippen LogP contribution in [0.15, 0.2) is 18.2 Å². The highest BCUT2D eigenvalue weighted by Gasteiger charge is 2.07. The van der Waals surface area contributed by atoms with E-state index in [4.69, 9.17) is 12.2 Å². The Labute approximate surface area is 81.9 Å².